The van der Waals surface area contributed by atoms with Crippen molar-refractivity contribution in [2.24, 2.45) is 7.05 Å². The van der Waals surface area contributed by atoms with E-state index in [-0.39, 0.29) is 0 Å². The van der Waals surface area contributed by atoms with Crippen LogP contribution in [-0.2, 0) is 20.1 Å². The van der Waals surface area contributed by atoms with Crippen molar-refractivity contribution >= 4 is 11.8 Å². The van der Waals surface area contributed by atoms with E-state index in [1.165, 1.54) is 4.90 Å². The topological polar surface area (TPSA) is 59.1 Å². The van der Waals surface area contributed by atoms with Crippen LogP contribution in [0.25, 0.3) is 0 Å². The van der Waals surface area contributed by atoms with Crippen LogP contribution in [0.15, 0.2) is 53.6 Å². The highest BCUT2D eigenvalue weighted by Crippen LogP contribution is 2.24. The minimum atomic E-state index is -0.734. The zero-order chi connectivity index (χ0) is 17.9. The van der Waals surface area contributed by atoms with Crippen LogP contribution in [0.4, 0.5) is 0 Å². The molecule has 7 heteroatoms. The summed E-state index contributed by atoms with van der Waals surface area (Å²) in [5.41, 5.74) is 2.62. The first-order valence-electron chi connectivity index (χ1n) is 8.83. The third kappa shape index (κ3) is 3.70. The number of aromatic nitrogens is 4. The Morgan fingerprint density at radius 1 is 1.19 bits per heavy atom. The van der Waals surface area contributed by atoms with E-state index in [0.717, 1.165) is 43.3 Å². The molecule has 2 aromatic heterocycles. The van der Waals surface area contributed by atoms with Gasteiger partial charge in [-0.1, -0.05) is 18.2 Å². The van der Waals surface area contributed by atoms with Crippen molar-refractivity contribution in [2.45, 2.75) is 24.1 Å². The van der Waals surface area contributed by atoms with Crippen LogP contribution in [0, 0.1) is 0 Å². The van der Waals surface area contributed by atoms with Crippen LogP contribution in [0.3, 0.4) is 0 Å². The lowest BCUT2D eigenvalue weighted by molar-refractivity contribution is 0.201. The largest absolute Gasteiger partial charge is 0.380 e. The molecule has 0 bridgehead atoms. The van der Waals surface area contributed by atoms with Crippen molar-refractivity contribution in [1.82, 2.24) is 24.5 Å². The Kier molecular flexibility index (Phi) is 5.10. The van der Waals surface area contributed by atoms with Crippen LogP contribution < -0.4 is 0 Å². The average molecular weight is 369 g/mol. The van der Waals surface area contributed by atoms with Gasteiger partial charge >= 0.3 is 0 Å². The Hall–Kier alpha value is -2.09. The number of aliphatic hydroxyl groups excluding tert-OH is 1. The minimum Gasteiger partial charge on any atom is -0.380 e. The van der Waals surface area contributed by atoms with E-state index >= 15 is 0 Å². The Labute approximate surface area is 157 Å². The summed E-state index contributed by atoms with van der Waals surface area (Å²) in [5.74, 6) is 1.07. The fourth-order valence-electron chi connectivity index (χ4n) is 3.28. The summed E-state index contributed by atoms with van der Waals surface area (Å²) in [6, 6.07) is 14.4. The van der Waals surface area contributed by atoms with Gasteiger partial charge in [-0.2, -0.15) is 10.2 Å². The monoisotopic (exact) mass is 369 g/mol. The normalized spacial score (nSPS) is 15.8. The third-order valence-electron chi connectivity index (χ3n) is 4.73. The molecule has 0 saturated carbocycles. The predicted molar refractivity (Wildman–Crippen MR) is 102 cm³/mol. The maximum absolute atomic E-state index is 10.6. The zero-order valence-corrected chi connectivity index (χ0v) is 15.6. The summed E-state index contributed by atoms with van der Waals surface area (Å²) < 4.78 is 3.71. The van der Waals surface area contributed by atoms with Gasteiger partial charge in [-0.3, -0.25) is 14.3 Å². The molecular weight excluding hydrogens is 346 g/mol. The maximum atomic E-state index is 10.6. The SMILES string of the molecule is Cn1nccc1C(O)c1cc2n(n1)CCN(CCSc1ccccc1)C2. The Bertz CT molecular complexity index is 860. The summed E-state index contributed by atoms with van der Waals surface area (Å²) in [7, 11) is 1.83. The second-order valence-electron chi connectivity index (χ2n) is 6.50. The second-order valence-corrected chi connectivity index (χ2v) is 7.67. The van der Waals surface area contributed by atoms with E-state index < -0.39 is 6.10 Å². The number of hydrogen-bond acceptors (Lipinski definition) is 5. The van der Waals surface area contributed by atoms with Gasteiger partial charge in [0, 0.05) is 43.5 Å². The lowest BCUT2D eigenvalue weighted by atomic mass is 10.1. The number of thioether (sulfide) groups is 1. The van der Waals surface area contributed by atoms with Crippen molar-refractivity contribution in [1.29, 1.82) is 0 Å². The van der Waals surface area contributed by atoms with Gasteiger partial charge in [-0.15, -0.1) is 11.8 Å². The van der Waals surface area contributed by atoms with Crippen LogP contribution in [0.2, 0.25) is 0 Å². The van der Waals surface area contributed by atoms with Crippen molar-refractivity contribution in [2.75, 3.05) is 18.8 Å². The minimum absolute atomic E-state index is 0.698. The van der Waals surface area contributed by atoms with Gasteiger partial charge in [-0.25, -0.2) is 0 Å². The Morgan fingerprint density at radius 2 is 2.04 bits per heavy atom. The van der Waals surface area contributed by atoms with E-state index in [9.17, 15) is 5.11 Å². The van der Waals surface area contributed by atoms with Gasteiger partial charge in [-0.05, 0) is 24.3 Å². The molecule has 3 heterocycles. The summed E-state index contributed by atoms with van der Waals surface area (Å²) in [5, 5.41) is 19.3. The average Bonchev–Trinajstić information content (AvgIpc) is 3.28. The van der Waals surface area contributed by atoms with Crippen LogP contribution in [-0.4, -0.2) is 48.4 Å². The highest BCUT2D eigenvalue weighted by Gasteiger charge is 2.23. The van der Waals surface area contributed by atoms with E-state index in [1.54, 1.807) is 10.9 Å². The molecule has 1 atom stereocenters. The number of hydrogen-bond donors (Lipinski definition) is 1. The van der Waals surface area contributed by atoms with Gasteiger partial charge in [0.2, 0.25) is 0 Å². The van der Waals surface area contributed by atoms with Gasteiger partial charge in [0.15, 0.2) is 0 Å². The van der Waals surface area contributed by atoms with Crippen LogP contribution in [0.1, 0.15) is 23.2 Å². The molecule has 0 saturated heterocycles. The molecule has 1 aromatic carbocycles. The molecule has 1 unspecified atom stereocenters. The molecule has 4 rings (SSSR count). The molecule has 136 valence electrons. The standard InChI is InChI=1S/C19H23N5OS/c1-22-18(7-8-20-22)19(25)17-13-15-14-23(9-10-24(15)21-17)11-12-26-16-5-3-2-4-6-16/h2-8,13,19,25H,9-12,14H2,1H3. The molecule has 1 aliphatic heterocycles. The lowest BCUT2D eigenvalue weighted by Crippen LogP contribution is -2.35. The maximum Gasteiger partial charge on any atom is 0.139 e. The van der Waals surface area contributed by atoms with Gasteiger partial charge in [0.1, 0.15) is 6.10 Å². The molecule has 6 nitrogen and oxygen atoms in total. The Balaban J connectivity index is 1.37. The molecule has 3 aromatic rings. The first-order valence-corrected chi connectivity index (χ1v) is 9.82. The molecule has 1 N–H and O–H groups in total. The molecule has 0 radical (unpaired) electrons. The summed E-state index contributed by atoms with van der Waals surface area (Å²) in [6.07, 6.45) is 0.961. The van der Waals surface area contributed by atoms with Crippen molar-refractivity contribution in [3.8, 4) is 0 Å². The molecular formula is C19H23N5OS. The summed E-state index contributed by atoms with van der Waals surface area (Å²) >= 11 is 1.89. The zero-order valence-electron chi connectivity index (χ0n) is 14.8. The van der Waals surface area contributed by atoms with E-state index in [2.05, 4.69) is 39.4 Å². The van der Waals surface area contributed by atoms with Gasteiger partial charge in [0.05, 0.1) is 23.6 Å². The van der Waals surface area contributed by atoms with Crippen molar-refractivity contribution in [3.63, 3.8) is 0 Å². The predicted octanol–water partition coefficient (Wildman–Crippen LogP) is 2.31. The quantitative estimate of drug-likeness (QED) is 0.676. The number of aryl methyl sites for hydroxylation is 1. The first kappa shape index (κ1) is 17.3. The summed E-state index contributed by atoms with van der Waals surface area (Å²) in [4.78, 5) is 3.77. The second kappa shape index (κ2) is 7.65. The lowest BCUT2D eigenvalue weighted by Gasteiger charge is -2.27. The van der Waals surface area contributed by atoms with Crippen LogP contribution in [0.5, 0.6) is 0 Å². The van der Waals surface area contributed by atoms with E-state index in [1.807, 2.05) is 41.7 Å². The molecule has 0 aliphatic carbocycles. The van der Waals surface area contributed by atoms with E-state index in [4.69, 9.17) is 0 Å². The van der Waals surface area contributed by atoms with Crippen LogP contribution >= 0.6 is 11.8 Å². The molecule has 0 spiro atoms. The van der Waals surface area contributed by atoms with E-state index in [0.29, 0.717) is 5.69 Å². The molecule has 1 aliphatic rings. The Morgan fingerprint density at radius 3 is 2.81 bits per heavy atom. The van der Waals surface area contributed by atoms with Gasteiger partial charge in [0.25, 0.3) is 0 Å². The van der Waals surface area contributed by atoms with Crippen molar-refractivity contribution < 1.29 is 5.11 Å². The number of rotatable bonds is 6. The number of aliphatic hydroxyl groups is 1. The number of benzene rings is 1. The highest BCUT2D eigenvalue weighted by atomic mass is 32.2. The fourth-order valence-corrected chi connectivity index (χ4v) is 4.22. The first-order chi connectivity index (χ1) is 12.7. The molecule has 26 heavy (non-hydrogen) atoms. The highest BCUT2D eigenvalue weighted by molar-refractivity contribution is 7.99. The molecule has 0 amide bonds. The number of fused-ring (bicyclic) bond motifs is 1. The number of nitrogens with zero attached hydrogens (tertiary/aromatic N) is 5. The smallest absolute Gasteiger partial charge is 0.139 e. The summed E-state index contributed by atoms with van der Waals surface area (Å²) in [6.45, 7) is 3.78. The molecule has 0 fully saturated rings. The fraction of sp³-hybridized carbons (Fsp3) is 0.368. The van der Waals surface area contributed by atoms with Crippen molar-refractivity contribution in [3.05, 3.63) is 65.7 Å². The van der Waals surface area contributed by atoms with Gasteiger partial charge < -0.3 is 5.11 Å². The third-order valence-corrected chi connectivity index (χ3v) is 5.73.